The Kier molecular flexibility index (Phi) is 4.15. The summed E-state index contributed by atoms with van der Waals surface area (Å²) in [6.07, 6.45) is 1.06. The molecule has 0 atom stereocenters. The maximum absolute atomic E-state index is 11.9. The molecule has 0 unspecified atom stereocenters. The first-order chi connectivity index (χ1) is 9.58. The average molecular weight is 268 g/mol. The Bertz CT molecular complexity index is 617. The van der Waals surface area contributed by atoms with Crippen molar-refractivity contribution in [3.8, 4) is 0 Å². The molecule has 0 N–H and O–H groups in total. The third-order valence-electron chi connectivity index (χ3n) is 2.91. The summed E-state index contributed by atoms with van der Waals surface area (Å²) in [7, 11) is 3.85. The molecule has 0 saturated carbocycles. The first-order valence-electron chi connectivity index (χ1n) is 6.26. The quantitative estimate of drug-likeness (QED) is 0.281. The zero-order valence-corrected chi connectivity index (χ0v) is 11.5. The molecule has 2 aromatic rings. The Labute approximate surface area is 118 Å². The number of ketones is 1. The van der Waals surface area contributed by atoms with E-state index in [2.05, 4.69) is 0 Å². The maximum atomic E-state index is 11.9. The molecule has 102 valence electrons. The molecule has 4 heteroatoms. The van der Waals surface area contributed by atoms with Crippen molar-refractivity contribution in [3.63, 3.8) is 0 Å². The van der Waals surface area contributed by atoms with Crippen molar-refractivity contribution in [2.75, 3.05) is 19.0 Å². The third kappa shape index (κ3) is 3.23. The van der Waals surface area contributed by atoms with Gasteiger partial charge in [0.25, 0.3) is 0 Å². The van der Waals surface area contributed by atoms with Gasteiger partial charge >= 0.3 is 0 Å². The Morgan fingerprint density at radius 2 is 1.65 bits per heavy atom. The second-order valence-corrected chi connectivity index (χ2v) is 4.60. The van der Waals surface area contributed by atoms with Crippen LogP contribution in [0.4, 0.5) is 11.4 Å². The summed E-state index contributed by atoms with van der Waals surface area (Å²) in [6.45, 7) is 0. The van der Waals surface area contributed by atoms with Crippen LogP contribution in [0.25, 0.3) is 0 Å². The van der Waals surface area contributed by atoms with E-state index in [-0.39, 0.29) is 5.78 Å². The van der Waals surface area contributed by atoms with Gasteiger partial charge in [-0.1, -0.05) is 30.3 Å². The van der Waals surface area contributed by atoms with Gasteiger partial charge in [0.1, 0.15) is 0 Å². The monoisotopic (exact) mass is 268 g/mol. The number of carbonyl (C=O) groups excluding carboxylic acids is 1. The van der Waals surface area contributed by atoms with E-state index in [0.29, 0.717) is 16.0 Å². The number of rotatable bonds is 4. The largest absolute Gasteiger partial charge is 0.618 e. The van der Waals surface area contributed by atoms with E-state index in [1.54, 1.807) is 36.4 Å². The zero-order valence-electron chi connectivity index (χ0n) is 11.5. The molecule has 0 radical (unpaired) electrons. The molecule has 0 amide bonds. The number of hydrogen-bond donors (Lipinski definition) is 0. The van der Waals surface area contributed by atoms with Gasteiger partial charge in [-0.15, -0.1) is 0 Å². The number of benzene rings is 2. The minimum atomic E-state index is -0.308. The van der Waals surface area contributed by atoms with Crippen molar-refractivity contribution in [1.29, 1.82) is 0 Å². The number of Topliss-reactive ketones (excluding diaryl/α,β-unsaturated/α-hetero) is 1. The highest BCUT2D eigenvalue weighted by Gasteiger charge is 2.08. The highest BCUT2D eigenvalue weighted by atomic mass is 16.5. The maximum Gasteiger partial charge on any atom is 0.250 e. The standard InChI is InChI=1S/C16H16N2O2/c1-17(2)14-8-10-15(11-9-14)18(20)12-16(19)13-6-4-3-5-7-13/h3-12H,1-2H3. The Hall–Kier alpha value is -2.62. The topological polar surface area (TPSA) is 46.4 Å². The molecule has 0 bridgehead atoms. The van der Waals surface area contributed by atoms with Crippen LogP contribution in [-0.4, -0.2) is 30.8 Å². The fourth-order valence-electron chi connectivity index (χ4n) is 1.76. The van der Waals surface area contributed by atoms with Gasteiger partial charge in [0, 0.05) is 37.5 Å². The Morgan fingerprint density at radius 1 is 1.05 bits per heavy atom. The van der Waals surface area contributed by atoms with Crippen LogP contribution in [0, 0.1) is 5.21 Å². The van der Waals surface area contributed by atoms with Crippen molar-refractivity contribution in [2.45, 2.75) is 0 Å². The van der Waals surface area contributed by atoms with Gasteiger partial charge in [-0.25, -0.2) is 0 Å². The summed E-state index contributed by atoms with van der Waals surface area (Å²) in [5.74, 6) is -0.308. The first kappa shape index (κ1) is 13.8. The minimum Gasteiger partial charge on any atom is -0.618 e. The van der Waals surface area contributed by atoms with E-state index in [4.69, 9.17) is 0 Å². The first-order valence-corrected chi connectivity index (χ1v) is 6.26. The minimum absolute atomic E-state index is 0.308. The average Bonchev–Trinajstić information content (AvgIpc) is 2.48. The lowest BCUT2D eigenvalue weighted by Crippen LogP contribution is -2.10. The van der Waals surface area contributed by atoms with Crippen LogP contribution in [0.2, 0.25) is 0 Å². The second-order valence-electron chi connectivity index (χ2n) is 4.60. The van der Waals surface area contributed by atoms with E-state index >= 15 is 0 Å². The highest BCUT2D eigenvalue weighted by Crippen LogP contribution is 2.17. The molecule has 0 saturated heterocycles. The van der Waals surface area contributed by atoms with E-state index in [1.807, 2.05) is 37.2 Å². The lowest BCUT2D eigenvalue weighted by molar-refractivity contribution is -0.353. The van der Waals surface area contributed by atoms with E-state index in [9.17, 15) is 10.0 Å². The van der Waals surface area contributed by atoms with Crippen LogP contribution >= 0.6 is 0 Å². The lowest BCUT2D eigenvalue weighted by Gasteiger charge is -2.12. The van der Waals surface area contributed by atoms with Crippen LogP contribution in [0.3, 0.4) is 0 Å². The molecule has 0 spiro atoms. The van der Waals surface area contributed by atoms with Crippen LogP contribution in [0.15, 0.2) is 54.6 Å². The van der Waals surface area contributed by atoms with Gasteiger partial charge in [0.2, 0.25) is 17.7 Å². The number of carbonyl (C=O) groups is 1. The molecular weight excluding hydrogens is 252 g/mol. The fraction of sp³-hybridized carbons (Fsp3) is 0.125. The SMILES string of the molecule is CN(C)c1ccc([N+]([O-])=CC(=O)c2ccccc2)cc1. The van der Waals surface area contributed by atoms with Crippen LogP contribution in [-0.2, 0) is 0 Å². The molecule has 0 aliphatic carbocycles. The van der Waals surface area contributed by atoms with Crippen molar-refractivity contribution in [3.05, 3.63) is 65.4 Å². The van der Waals surface area contributed by atoms with Crippen molar-refractivity contribution >= 4 is 23.4 Å². The van der Waals surface area contributed by atoms with Gasteiger partial charge in [0.05, 0.1) is 0 Å². The summed E-state index contributed by atoms with van der Waals surface area (Å²) in [4.78, 5) is 13.8. The molecule has 4 nitrogen and oxygen atoms in total. The summed E-state index contributed by atoms with van der Waals surface area (Å²) in [5, 5.41) is 11.9. The van der Waals surface area contributed by atoms with Crippen molar-refractivity contribution in [1.82, 2.24) is 0 Å². The summed E-state index contributed by atoms with van der Waals surface area (Å²) in [5.41, 5.74) is 1.93. The zero-order chi connectivity index (χ0) is 14.5. The van der Waals surface area contributed by atoms with Gasteiger partial charge in [0.15, 0.2) is 0 Å². The molecule has 0 aliphatic rings. The predicted octanol–water partition coefficient (Wildman–Crippen LogP) is 2.85. The molecular formula is C16H16N2O2. The lowest BCUT2D eigenvalue weighted by atomic mass is 10.1. The molecule has 2 aromatic carbocycles. The molecule has 0 heterocycles. The van der Waals surface area contributed by atoms with Crippen molar-refractivity contribution < 1.29 is 9.53 Å². The molecule has 0 fully saturated rings. The third-order valence-corrected chi connectivity index (χ3v) is 2.91. The predicted molar refractivity (Wildman–Crippen MR) is 80.9 cm³/mol. The summed E-state index contributed by atoms with van der Waals surface area (Å²) < 4.78 is 0.592. The normalized spacial score (nSPS) is 11.2. The second kappa shape index (κ2) is 6.02. The van der Waals surface area contributed by atoms with Crippen LogP contribution in [0.1, 0.15) is 10.4 Å². The fourth-order valence-corrected chi connectivity index (χ4v) is 1.76. The smallest absolute Gasteiger partial charge is 0.250 e. The summed E-state index contributed by atoms with van der Waals surface area (Å²) >= 11 is 0. The highest BCUT2D eigenvalue weighted by molar-refractivity contribution is 6.33. The van der Waals surface area contributed by atoms with Gasteiger partial charge in [-0.2, -0.15) is 4.74 Å². The van der Waals surface area contributed by atoms with Crippen LogP contribution in [0.5, 0.6) is 0 Å². The number of anilines is 1. The molecule has 20 heavy (non-hydrogen) atoms. The van der Waals surface area contributed by atoms with E-state index in [0.717, 1.165) is 11.9 Å². The Morgan fingerprint density at radius 3 is 2.20 bits per heavy atom. The van der Waals surface area contributed by atoms with Gasteiger partial charge in [-0.05, 0) is 12.1 Å². The summed E-state index contributed by atoms with van der Waals surface area (Å²) in [6, 6.07) is 15.8. The van der Waals surface area contributed by atoms with E-state index < -0.39 is 0 Å². The molecule has 0 aromatic heterocycles. The number of hydrogen-bond acceptors (Lipinski definition) is 3. The van der Waals surface area contributed by atoms with Gasteiger partial charge < -0.3 is 10.1 Å². The van der Waals surface area contributed by atoms with Gasteiger partial charge in [-0.3, -0.25) is 4.79 Å². The van der Waals surface area contributed by atoms with E-state index in [1.165, 1.54) is 0 Å². The van der Waals surface area contributed by atoms with Crippen molar-refractivity contribution in [2.24, 2.45) is 0 Å². The van der Waals surface area contributed by atoms with Crippen LogP contribution < -0.4 is 4.90 Å². The molecule has 0 aliphatic heterocycles. The number of nitrogens with zero attached hydrogens (tertiary/aromatic N) is 2. The molecule has 2 rings (SSSR count). The Balaban J connectivity index is 2.20.